The van der Waals surface area contributed by atoms with Gasteiger partial charge in [0.2, 0.25) is 15.9 Å². The van der Waals surface area contributed by atoms with Gasteiger partial charge in [-0.2, -0.15) is 0 Å². The number of halogens is 1. The van der Waals surface area contributed by atoms with Crippen molar-refractivity contribution in [2.75, 3.05) is 45.1 Å². The first-order chi connectivity index (χ1) is 10.0. The summed E-state index contributed by atoms with van der Waals surface area (Å²) in [5.74, 6) is -0.143. The molecule has 0 spiro atoms. The minimum atomic E-state index is -3.31. The van der Waals surface area contributed by atoms with Crippen LogP contribution in [0.2, 0.25) is 0 Å². The fourth-order valence-corrected chi connectivity index (χ4v) is 4.75. The van der Waals surface area contributed by atoms with Crippen molar-refractivity contribution in [2.45, 2.75) is 19.3 Å². The Bertz CT molecular complexity index is 454. The van der Waals surface area contributed by atoms with Gasteiger partial charge in [-0.1, -0.05) is 0 Å². The van der Waals surface area contributed by atoms with Crippen molar-refractivity contribution in [1.82, 2.24) is 9.62 Å². The number of rotatable bonds is 6. The van der Waals surface area contributed by atoms with Gasteiger partial charge in [-0.05, 0) is 25.2 Å². The molecule has 7 nitrogen and oxygen atoms in total. The average molecular weight is 356 g/mol. The van der Waals surface area contributed by atoms with Crippen LogP contribution in [-0.4, -0.2) is 63.8 Å². The topological polar surface area (TPSA) is 102 Å². The zero-order chi connectivity index (χ0) is 15.3. The van der Waals surface area contributed by atoms with E-state index in [0.29, 0.717) is 32.8 Å². The smallest absolute Gasteiger partial charge is 0.224 e. The van der Waals surface area contributed by atoms with Crippen molar-refractivity contribution < 1.29 is 17.9 Å². The quantitative estimate of drug-likeness (QED) is 0.672. The second kappa shape index (κ2) is 9.02. The molecule has 2 fully saturated rings. The summed E-state index contributed by atoms with van der Waals surface area (Å²) >= 11 is 0. The summed E-state index contributed by atoms with van der Waals surface area (Å²) in [6.45, 7) is 2.78. The lowest BCUT2D eigenvalue weighted by atomic mass is 9.99. The molecule has 2 aliphatic heterocycles. The first-order valence-corrected chi connectivity index (χ1v) is 9.17. The first-order valence-electron chi connectivity index (χ1n) is 7.56. The molecule has 9 heteroatoms. The third-order valence-electron chi connectivity index (χ3n) is 4.06. The van der Waals surface area contributed by atoms with Crippen LogP contribution in [0.25, 0.3) is 0 Å². The summed E-state index contributed by atoms with van der Waals surface area (Å²) in [5, 5.41) is 2.74. The highest BCUT2D eigenvalue weighted by Gasteiger charge is 2.34. The number of piperidine rings is 1. The summed E-state index contributed by atoms with van der Waals surface area (Å²) in [6, 6.07) is 0. The number of amides is 1. The van der Waals surface area contributed by atoms with E-state index in [2.05, 4.69) is 5.32 Å². The Kier molecular flexibility index (Phi) is 8.06. The van der Waals surface area contributed by atoms with Crippen molar-refractivity contribution in [1.29, 1.82) is 0 Å². The highest BCUT2D eigenvalue weighted by atomic mass is 35.5. The van der Waals surface area contributed by atoms with E-state index < -0.39 is 10.0 Å². The Morgan fingerprint density at radius 2 is 2.14 bits per heavy atom. The zero-order valence-corrected chi connectivity index (χ0v) is 14.3. The van der Waals surface area contributed by atoms with Crippen LogP contribution in [0.15, 0.2) is 0 Å². The lowest BCUT2D eigenvalue weighted by molar-refractivity contribution is -0.126. The molecule has 0 aliphatic carbocycles. The van der Waals surface area contributed by atoms with Crippen LogP contribution in [-0.2, 0) is 19.6 Å². The molecule has 0 aromatic carbocycles. The van der Waals surface area contributed by atoms with Crippen LogP contribution in [0, 0.1) is 11.8 Å². The second-order valence-electron chi connectivity index (χ2n) is 5.79. The molecule has 0 aromatic heterocycles. The lowest BCUT2D eigenvalue weighted by Gasteiger charge is -2.31. The summed E-state index contributed by atoms with van der Waals surface area (Å²) in [5.41, 5.74) is 5.36. The second-order valence-corrected chi connectivity index (χ2v) is 7.80. The maximum absolute atomic E-state index is 12.4. The predicted octanol–water partition coefficient (Wildman–Crippen LogP) is -0.439. The number of carbonyl (C=O) groups is 1. The molecule has 2 aliphatic rings. The van der Waals surface area contributed by atoms with E-state index in [1.54, 1.807) is 0 Å². The van der Waals surface area contributed by atoms with Gasteiger partial charge in [0.25, 0.3) is 0 Å². The fourth-order valence-electron chi connectivity index (χ4n) is 2.87. The van der Waals surface area contributed by atoms with Crippen LogP contribution in [0.1, 0.15) is 19.3 Å². The molecule has 22 heavy (non-hydrogen) atoms. The summed E-state index contributed by atoms with van der Waals surface area (Å²) in [7, 11) is -3.31. The van der Waals surface area contributed by atoms with E-state index >= 15 is 0 Å². The first kappa shape index (κ1) is 19.6. The number of nitrogens with one attached hydrogen (secondary N) is 1. The molecule has 2 heterocycles. The molecule has 0 saturated carbocycles. The fraction of sp³-hybridized carbons (Fsp3) is 0.923. The standard InChI is InChI=1S/C13H25N3O4S.ClH/c14-4-5-15-13(17)12-2-1-6-16(8-12)21(18,19)10-11-3-7-20-9-11;/h11-12H,1-10,14H2,(H,15,17);1H. The van der Waals surface area contributed by atoms with Gasteiger partial charge < -0.3 is 15.8 Å². The molecule has 2 rings (SSSR count). The van der Waals surface area contributed by atoms with Gasteiger partial charge in [-0.3, -0.25) is 4.79 Å². The van der Waals surface area contributed by atoms with Crippen molar-refractivity contribution in [3.63, 3.8) is 0 Å². The van der Waals surface area contributed by atoms with Crippen LogP contribution in [0.4, 0.5) is 0 Å². The highest BCUT2D eigenvalue weighted by Crippen LogP contribution is 2.23. The van der Waals surface area contributed by atoms with Gasteiger partial charge in [0.05, 0.1) is 18.3 Å². The number of ether oxygens (including phenoxy) is 1. The Hall–Kier alpha value is -0.410. The van der Waals surface area contributed by atoms with Crippen LogP contribution < -0.4 is 11.1 Å². The minimum Gasteiger partial charge on any atom is -0.381 e. The average Bonchev–Trinajstić information content (AvgIpc) is 2.97. The monoisotopic (exact) mass is 355 g/mol. The molecule has 2 saturated heterocycles. The Balaban J connectivity index is 0.00000242. The van der Waals surface area contributed by atoms with Gasteiger partial charge in [-0.15, -0.1) is 12.4 Å². The van der Waals surface area contributed by atoms with E-state index in [1.165, 1.54) is 4.31 Å². The number of nitrogens with two attached hydrogens (primary N) is 1. The van der Waals surface area contributed by atoms with E-state index in [-0.39, 0.29) is 42.4 Å². The number of sulfonamides is 1. The number of carbonyl (C=O) groups excluding carboxylic acids is 1. The van der Waals surface area contributed by atoms with Gasteiger partial charge in [-0.25, -0.2) is 12.7 Å². The molecular formula is C13H26ClN3O4S. The molecule has 0 aromatic rings. The van der Waals surface area contributed by atoms with Crippen molar-refractivity contribution >= 4 is 28.3 Å². The van der Waals surface area contributed by atoms with E-state index in [4.69, 9.17) is 10.5 Å². The third kappa shape index (κ3) is 5.34. The molecule has 130 valence electrons. The summed E-state index contributed by atoms with van der Waals surface area (Å²) in [6.07, 6.45) is 2.25. The molecule has 3 N–H and O–H groups in total. The molecule has 2 atom stereocenters. The van der Waals surface area contributed by atoms with Gasteiger partial charge in [0, 0.05) is 32.8 Å². The van der Waals surface area contributed by atoms with Crippen molar-refractivity contribution in [3.8, 4) is 0 Å². The van der Waals surface area contributed by atoms with E-state index in [9.17, 15) is 13.2 Å². The van der Waals surface area contributed by atoms with Crippen molar-refractivity contribution in [2.24, 2.45) is 17.6 Å². The lowest BCUT2D eigenvalue weighted by Crippen LogP contribution is -2.47. The Morgan fingerprint density at radius 1 is 1.36 bits per heavy atom. The Morgan fingerprint density at radius 3 is 2.77 bits per heavy atom. The normalized spacial score (nSPS) is 26.4. The number of nitrogens with zero attached hydrogens (tertiary/aromatic N) is 1. The van der Waals surface area contributed by atoms with Crippen LogP contribution in [0.5, 0.6) is 0 Å². The zero-order valence-electron chi connectivity index (χ0n) is 12.7. The van der Waals surface area contributed by atoms with Crippen LogP contribution >= 0.6 is 12.4 Å². The minimum absolute atomic E-state index is 0. The van der Waals surface area contributed by atoms with Gasteiger partial charge in [0.1, 0.15) is 0 Å². The Labute approximate surface area is 138 Å². The highest BCUT2D eigenvalue weighted by molar-refractivity contribution is 7.89. The van der Waals surface area contributed by atoms with Crippen LogP contribution in [0.3, 0.4) is 0 Å². The van der Waals surface area contributed by atoms with Crippen molar-refractivity contribution in [3.05, 3.63) is 0 Å². The summed E-state index contributed by atoms with van der Waals surface area (Å²) in [4.78, 5) is 12.0. The number of hydrogen-bond donors (Lipinski definition) is 2. The van der Waals surface area contributed by atoms with E-state index in [0.717, 1.165) is 19.3 Å². The molecule has 0 bridgehead atoms. The largest absolute Gasteiger partial charge is 0.381 e. The molecule has 2 unspecified atom stereocenters. The maximum atomic E-state index is 12.4. The SMILES string of the molecule is Cl.NCCNC(=O)C1CCCN(S(=O)(=O)CC2CCOC2)C1. The van der Waals surface area contributed by atoms with Gasteiger partial charge >= 0.3 is 0 Å². The predicted molar refractivity (Wildman–Crippen MR) is 86.3 cm³/mol. The molecule has 0 radical (unpaired) electrons. The molecular weight excluding hydrogens is 330 g/mol. The van der Waals surface area contributed by atoms with E-state index in [1.807, 2.05) is 0 Å². The van der Waals surface area contributed by atoms with Gasteiger partial charge in [0.15, 0.2) is 0 Å². The molecule has 1 amide bonds. The third-order valence-corrected chi connectivity index (χ3v) is 6.07. The number of hydrogen-bond acceptors (Lipinski definition) is 5. The summed E-state index contributed by atoms with van der Waals surface area (Å²) < 4.78 is 31.6. The maximum Gasteiger partial charge on any atom is 0.224 e.